The van der Waals surface area contributed by atoms with Gasteiger partial charge in [0, 0.05) is 42.5 Å². The summed E-state index contributed by atoms with van der Waals surface area (Å²) in [6, 6.07) is 10.7. The summed E-state index contributed by atoms with van der Waals surface area (Å²) in [5, 5.41) is 3.31. The van der Waals surface area contributed by atoms with E-state index in [9.17, 15) is 4.79 Å². The number of hydrogen-bond acceptors (Lipinski definition) is 5. The van der Waals surface area contributed by atoms with Gasteiger partial charge < -0.3 is 24.6 Å². The predicted molar refractivity (Wildman–Crippen MR) is 132 cm³/mol. The van der Waals surface area contributed by atoms with Crippen LogP contribution in [0.15, 0.2) is 40.9 Å². The van der Waals surface area contributed by atoms with E-state index in [-0.39, 0.29) is 12.5 Å². The van der Waals surface area contributed by atoms with E-state index in [1.54, 1.807) is 24.3 Å². The number of carbonyl (C=O) groups is 1. The van der Waals surface area contributed by atoms with Crippen molar-refractivity contribution in [1.29, 1.82) is 0 Å². The Bertz CT molecular complexity index is 952. The minimum Gasteiger partial charge on any atom is -0.490 e. The number of amides is 1. The predicted octanol–water partition coefficient (Wildman–Crippen LogP) is 4.44. The number of hydrogen-bond donors (Lipinski definition) is 1. The summed E-state index contributed by atoms with van der Waals surface area (Å²) in [5.74, 6) is 0.709. The van der Waals surface area contributed by atoms with Crippen molar-refractivity contribution in [2.45, 2.75) is 6.92 Å². The Balaban J connectivity index is 1.71. The van der Waals surface area contributed by atoms with Crippen molar-refractivity contribution in [2.24, 2.45) is 0 Å². The highest BCUT2D eigenvalue weighted by molar-refractivity contribution is 9.10. The Labute approximate surface area is 201 Å². The number of ether oxygens (including phenoxy) is 2. The quantitative estimate of drug-likeness (QED) is 0.538. The number of rotatable bonds is 7. The van der Waals surface area contributed by atoms with Gasteiger partial charge in [0.05, 0.1) is 11.1 Å². The Morgan fingerprint density at radius 2 is 1.94 bits per heavy atom. The van der Waals surface area contributed by atoms with Gasteiger partial charge in [-0.05, 0) is 60.2 Å². The fourth-order valence-electron chi connectivity index (χ4n) is 3.19. The Hall–Kier alpha value is -1.87. The molecule has 166 valence electrons. The topological polar surface area (TPSA) is 54.0 Å². The molecular weight excluding hydrogens is 502 g/mol. The van der Waals surface area contributed by atoms with E-state index in [1.165, 1.54) is 0 Å². The van der Waals surface area contributed by atoms with Gasteiger partial charge in [0.2, 0.25) is 0 Å². The van der Waals surface area contributed by atoms with Crippen LogP contribution in [0.2, 0.25) is 5.02 Å². The van der Waals surface area contributed by atoms with Gasteiger partial charge in [0.1, 0.15) is 4.99 Å². The molecule has 0 aromatic heterocycles. The molecule has 2 aromatic rings. The molecule has 0 unspecified atom stereocenters. The van der Waals surface area contributed by atoms with Crippen LogP contribution in [-0.4, -0.2) is 67.1 Å². The van der Waals surface area contributed by atoms with Crippen LogP contribution in [0.25, 0.3) is 0 Å². The van der Waals surface area contributed by atoms with Crippen LogP contribution in [-0.2, 0) is 4.79 Å². The maximum absolute atomic E-state index is 12.3. The molecule has 0 aliphatic carbocycles. The van der Waals surface area contributed by atoms with E-state index in [0.717, 1.165) is 36.7 Å². The molecule has 1 amide bonds. The number of carbonyl (C=O) groups excluding carboxylic acids is 1. The molecular formula is C22H25BrClN3O3S. The van der Waals surface area contributed by atoms with Gasteiger partial charge in [-0.25, -0.2) is 0 Å². The number of nitrogens with zero attached hydrogens (tertiary/aromatic N) is 2. The first-order valence-electron chi connectivity index (χ1n) is 9.99. The lowest BCUT2D eigenvalue weighted by Gasteiger charge is -2.34. The molecule has 0 bridgehead atoms. The van der Waals surface area contributed by atoms with Crippen molar-refractivity contribution >= 4 is 56.3 Å². The number of nitrogens with one attached hydrogen (secondary N) is 1. The summed E-state index contributed by atoms with van der Waals surface area (Å²) in [6.07, 6.45) is 0. The molecule has 1 aliphatic rings. The molecule has 2 aromatic carbocycles. The third-order valence-electron chi connectivity index (χ3n) is 4.80. The van der Waals surface area contributed by atoms with Crippen molar-refractivity contribution in [3.63, 3.8) is 0 Å². The van der Waals surface area contributed by atoms with Gasteiger partial charge in [-0.1, -0.05) is 29.9 Å². The minimum absolute atomic E-state index is 0.173. The largest absolute Gasteiger partial charge is 0.490 e. The third kappa shape index (κ3) is 6.55. The number of thiocarbonyl (C=S) groups is 1. The maximum Gasteiger partial charge on any atom is 0.262 e. The molecule has 0 atom stereocenters. The summed E-state index contributed by atoms with van der Waals surface area (Å²) >= 11 is 15.2. The highest BCUT2D eigenvalue weighted by Crippen LogP contribution is 2.37. The molecule has 1 N–H and O–H groups in total. The number of halogens is 2. The average molecular weight is 527 g/mol. The highest BCUT2D eigenvalue weighted by atomic mass is 79.9. The summed E-state index contributed by atoms with van der Waals surface area (Å²) in [6.45, 7) is 5.91. The average Bonchev–Trinajstić information content (AvgIpc) is 2.73. The second-order valence-corrected chi connectivity index (χ2v) is 8.84. The number of anilines is 1. The number of piperazine rings is 1. The van der Waals surface area contributed by atoms with Crippen molar-refractivity contribution in [2.75, 3.05) is 51.8 Å². The fourth-order valence-corrected chi connectivity index (χ4v) is 4.23. The molecule has 3 rings (SSSR count). The van der Waals surface area contributed by atoms with Crippen LogP contribution in [0.5, 0.6) is 11.5 Å². The van der Waals surface area contributed by atoms with Crippen LogP contribution in [0, 0.1) is 0 Å². The van der Waals surface area contributed by atoms with Gasteiger partial charge in [-0.2, -0.15) is 0 Å². The van der Waals surface area contributed by atoms with Gasteiger partial charge >= 0.3 is 0 Å². The molecule has 9 heteroatoms. The summed E-state index contributed by atoms with van der Waals surface area (Å²) in [4.78, 5) is 17.6. The monoisotopic (exact) mass is 525 g/mol. The molecule has 0 spiro atoms. The van der Waals surface area contributed by atoms with Crippen LogP contribution in [0.3, 0.4) is 0 Å². The number of benzene rings is 2. The summed E-state index contributed by atoms with van der Waals surface area (Å²) in [5.41, 5.74) is 1.49. The van der Waals surface area contributed by atoms with Crippen LogP contribution in [0.1, 0.15) is 12.5 Å². The lowest BCUT2D eigenvalue weighted by molar-refractivity contribution is -0.118. The molecule has 0 radical (unpaired) electrons. The lowest BCUT2D eigenvalue weighted by atomic mass is 10.1. The van der Waals surface area contributed by atoms with Crippen LogP contribution < -0.4 is 14.8 Å². The van der Waals surface area contributed by atoms with E-state index < -0.39 is 0 Å². The van der Waals surface area contributed by atoms with Crippen LogP contribution >= 0.6 is 39.7 Å². The first-order chi connectivity index (χ1) is 14.9. The molecule has 1 fully saturated rings. The third-order valence-corrected chi connectivity index (χ3v) is 6.12. The first kappa shape index (κ1) is 23.8. The molecule has 6 nitrogen and oxygen atoms in total. The molecule has 1 saturated heterocycles. The summed E-state index contributed by atoms with van der Waals surface area (Å²) < 4.78 is 12.3. The second kappa shape index (κ2) is 11.1. The van der Waals surface area contributed by atoms with Crippen molar-refractivity contribution < 1.29 is 14.3 Å². The zero-order valence-corrected chi connectivity index (χ0v) is 20.6. The van der Waals surface area contributed by atoms with E-state index in [0.29, 0.717) is 33.3 Å². The van der Waals surface area contributed by atoms with Gasteiger partial charge in [0.25, 0.3) is 5.91 Å². The standard InChI is InChI=1S/C22H25BrClN3O3S/c1-3-29-19-12-15(22(31)27-9-7-26(2)8-10-27)11-18(23)21(19)30-14-20(28)25-17-6-4-5-16(24)13-17/h4-6,11-13H,3,7-10,14H2,1-2H3,(H,25,28). The lowest BCUT2D eigenvalue weighted by Crippen LogP contribution is -2.46. The Morgan fingerprint density at radius 3 is 2.61 bits per heavy atom. The Kier molecular flexibility index (Phi) is 8.54. The molecule has 31 heavy (non-hydrogen) atoms. The van der Waals surface area contributed by atoms with Gasteiger partial charge in [-0.15, -0.1) is 0 Å². The first-order valence-corrected chi connectivity index (χ1v) is 11.6. The zero-order valence-electron chi connectivity index (χ0n) is 17.5. The SMILES string of the molecule is CCOc1cc(C(=S)N2CCN(C)CC2)cc(Br)c1OCC(=O)Nc1cccc(Cl)c1. The number of likely N-dealkylation sites (N-methyl/N-ethyl adjacent to an activating group) is 1. The molecule has 1 heterocycles. The summed E-state index contributed by atoms with van der Waals surface area (Å²) in [7, 11) is 2.11. The van der Waals surface area contributed by atoms with E-state index in [4.69, 9.17) is 33.3 Å². The zero-order chi connectivity index (χ0) is 22.4. The van der Waals surface area contributed by atoms with Crippen molar-refractivity contribution in [3.8, 4) is 11.5 Å². The normalized spacial score (nSPS) is 14.3. The minimum atomic E-state index is -0.298. The smallest absolute Gasteiger partial charge is 0.262 e. The maximum atomic E-state index is 12.3. The second-order valence-electron chi connectivity index (χ2n) is 7.16. The Morgan fingerprint density at radius 1 is 1.19 bits per heavy atom. The highest BCUT2D eigenvalue weighted by Gasteiger charge is 2.21. The van der Waals surface area contributed by atoms with E-state index in [1.807, 2.05) is 19.1 Å². The van der Waals surface area contributed by atoms with E-state index in [2.05, 4.69) is 38.1 Å². The molecule has 1 aliphatic heterocycles. The fraction of sp³-hybridized carbons (Fsp3) is 0.364. The van der Waals surface area contributed by atoms with Crippen molar-refractivity contribution in [3.05, 3.63) is 51.5 Å². The van der Waals surface area contributed by atoms with Crippen molar-refractivity contribution in [1.82, 2.24) is 9.80 Å². The molecule has 0 saturated carbocycles. The van der Waals surface area contributed by atoms with Crippen LogP contribution in [0.4, 0.5) is 5.69 Å². The van der Waals surface area contributed by atoms with Gasteiger partial charge in [0.15, 0.2) is 18.1 Å². The van der Waals surface area contributed by atoms with Gasteiger partial charge in [-0.3, -0.25) is 4.79 Å². The van der Waals surface area contributed by atoms with E-state index >= 15 is 0 Å².